The summed E-state index contributed by atoms with van der Waals surface area (Å²) in [5, 5.41) is 6.59. The topological polar surface area (TPSA) is 75.5 Å². The zero-order chi connectivity index (χ0) is 20.8. The molecule has 1 heterocycles. The van der Waals surface area contributed by atoms with E-state index >= 15 is 0 Å². The van der Waals surface area contributed by atoms with Crippen molar-refractivity contribution in [2.45, 2.75) is 26.3 Å². The molecule has 152 valence electrons. The first-order chi connectivity index (χ1) is 14.0. The summed E-state index contributed by atoms with van der Waals surface area (Å²) in [7, 11) is 1.97. The molecule has 3 N–H and O–H groups in total. The van der Waals surface area contributed by atoms with E-state index in [1.165, 1.54) is 0 Å². The van der Waals surface area contributed by atoms with E-state index in [1.807, 2.05) is 56.4 Å². The molecule has 0 fully saturated rings. The summed E-state index contributed by atoms with van der Waals surface area (Å²) in [6, 6.07) is 15.8. The van der Waals surface area contributed by atoms with Crippen molar-refractivity contribution >= 4 is 39.1 Å². The van der Waals surface area contributed by atoms with Gasteiger partial charge in [0.25, 0.3) is 5.91 Å². The molecule has 2 atom stereocenters. The molecule has 29 heavy (non-hydrogen) atoms. The molecule has 1 aromatic heterocycles. The molecule has 0 spiro atoms. The fourth-order valence-electron chi connectivity index (χ4n) is 3.08. The van der Waals surface area contributed by atoms with Gasteiger partial charge in [-0.1, -0.05) is 37.3 Å². The Bertz CT molecular complexity index is 968. The van der Waals surface area contributed by atoms with E-state index < -0.39 is 0 Å². The van der Waals surface area contributed by atoms with E-state index in [0.717, 1.165) is 37.8 Å². The first-order valence-electron chi connectivity index (χ1n) is 9.80. The molecule has 0 bridgehead atoms. The minimum Gasteiger partial charge on any atom is -0.342 e. The number of quaternary nitrogens is 1. The highest BCUT2D eigenvalue weighted by Gasteiger charge is 2.22. The van der Waals surface area contributed by atoms with Crippen LogP contribution in [0.2, 0.25) is 0 Å². The van der Waals surface area contributed by atoms with Gasteiger partial charge in [-0.3, -0.25) is 9.59 Å². The third kappa shape index (κ3) is 5.40. The minimum absolute atomic E-state index is 0.0420. The Hall–Kier alpha value is -2.77. The number of thiazole rings is 1. The number of nitrogens with zero attached hydrogens (tertiary/aromatic N) is 1. The van der Waals surface area contributed by atoms with E-state index in [-0.39, 0.29) is 30.9 Å². The van der Waals surface area contributed by atoms with Crippen LogP contribution in [0.4, 0.5) is 5.69 Å². The number of hydrogen-bond donors (Lipinski definition) is 3. The smallest absolute Gasteiger partial charge is 0.275 e. The average Bonchev–Trinajstić information content (AvgIpc) is 3.16. The van der Waals surface area contributed by atoms with Crippen LogP contribution in [0.5, 0.6) is 0 Å². The third-order valence-corrected chi connectivity index (χ3v) is 6.20. The SMILES string of the molecule is CCc1ccccc1NC(=O)CNC(=O)C[NH+](C)[C@H](C)c1nc2ccccc2s1. The second-order valence-corrected chi connectivity index (χ2v) is 8.16. The van der Waals surface area contributed by atoms with Gasteiger partial charge in [-0.25, -0.2) is 4.98 Å². The fraction of sp³-hybridized carbons (Fsp3) is 0.318. The van der Waals surface area contributed by atoms with Gasteiger partial charge < -0.3 is 15.5 Å². The molecule has 7 heteroatoms. The van der Waals surface area contributed by atoms with Crippen LogP contribution in [-0.2, 0) is 16.0 Å². The number of anilines is 1. The number of hydrogen-bond acceptors (Lipinski definition) is 4. The van der Waals surface area contributed by atoms with Crippen molar-refractivity contribution < 1.29 is 14.5 Å². The van der Waals surface area contributed by atoms with Gasteiger partial charge in [-0.15, -0.1) is 11.3 Å². The molecule has 0 aliphatic carbocycles. The normalized spacial score (nSPS) is 13.1. The van der Waals surface area contributed by atoms with Crippen LogP contribution in [0.15, 0.2) is 48.5 Å². The van der Waals surface area contributed by atoms with Gasteiger partial charge in [0.1, 0.15) is 6.04 Å². The molecule has 0 aliphatic heterocycles. The van der Waals surface area contributed by atoms with Gasteiger partial charge >= 0.3 is 0 Å². The van der Waals surface area contributed by atoms with E-state index in [0.29, 0.717) is 0 Å². The zero-order valence-electron chi connectivity index (χ0n) is 17.0. The number of likely N-dealkylation sites (N-methyl/N-ethyl adjacent to an activating group) is 1. The first-order valence-corrected chi connectivity index (χ1v) is 10.6. The molecule has 2 aromatic carbocycles. The molecule has 0 saturated carbocycles. The van der Waals surface area contributed by atoms with Gasteiger partial charge in [-0.2, -0.15) is 0 Å². The summed E-state index contributed by atoms with van der Waals surface area (Å²) in [6.45, 7) is 4.34. The van der Waals surface area contributed by atoms with Crippen molar-refractivity contribution in [1.82, 2.24) is 10.3 Å². The highest BCUT2D eigenvalue weighted by Crippen LogP contribution is 2.24. The van der Waals surface area contributed by atoms with Crippen molar-refractivity contribution in [1.29, 1.82) is 0 Å². The van der Waals surface area contributed by atoms with Gasteiger partial charge in [0.2, 0.25) is 5.91 Å². The summed E-state index contributed by atoms with van der Waals surface area (Å²) >= 11 is 1.66. The van der Waals surface area contributed by atoms with Crippen LogP contribution in [0.1, 0.15) is 30.5 Å². The van der Waals surface area contributed by atoms with Crippen LogP contribution in [0.3, 0.4) is 0 Å². The lowest BCUT2D eigenvalue weighted by Gasteiger charge is -2.19. The predicted octanol–water partition coefficient (Wildman–Crippen LogP) is 2.19. The second-order valence-electron chi connectivity index (χ2n) is 7.10. The molecule has 2 amide bonds. The van der Waals surface area contributed by atoms with E-state index in [4.69, 9.17) is 0 Å². The Labute approximate surface area is 174 Å². The number of carbonyl (C=O) groups is 2. The van der Waals surface area contributed by atoms with Crippen molar-refractivity contribution in [2.24, 2.45) is 0 Å². The number of benzene rings is 2. The lowest BCUT2D eigenvalue weighted by molar-refractivity contribution is -0.902. The summed E-state index contributed by atoms with van der Waals surface area (Å²) in [5.74, 6) is -0.384. The lowest BCUT2D eigenvalue weighted by atomic mass is 10.1. The number of para-hydroxylation sites is 2. The largest absolute Gasteiger partial charge is 0.342 e. The van der Waals surface area contributed by atoms with Crippen molar-refractivity contribution in [3.05, 3.63) is 59.1 Å². The van der Waals surface area contributed by atoms with Crippen molar-refractivity contribution in [2.75, 3.05) is 25.5 Å². The maximum absolute atomic E-state index is 12.3. The maximum Gasteiger partial charge on any atom is 0.275 e. The Morgan fingerprint density at radius 2 is 1.83 bits per heavy atom. The summed E-state index contributed by atoms with van der Waals surface area (Å²) < 4.78 is 1.15. The zero-order valence-corrected chi connectivity index (χ0v) is 17.8. The molecular formula is C22H27N4O2S+. The molecule has 0 radical (unpaired) electrons. The van der Waals surface area contributed by atoms with Crippen LogP contribution in [0, 0.1) is 0 Å². The first kappa shape index (κ1) is 21.0. The van der Waals surface area contributed by atoms with Crippen molar-refractivity contribution in [3.63, 3.8) is 0 Å². The van der Waals surface area contributed by atoms with Crippen molar-refractivity contribution in [3.8, 4) is 0 Å². The molecule has 0 saturated heterocycles. The van der Waals surface area contributed by atoms with E-state index in [9.17, 15) is 9.59 Å². The van der Waals surface area contributed by atoms with E-state index in [1.54, 1.807) is 11.3 Å². The highest BCUT2D eigenvalue weighted by atomic mass is 32.1. The van der Waals surface area contributed by atoms with E-state index in [2.05, 4.69) is 28.6 Å². The third-order valence-electron chi connectivity index (χ3n) is 4.98. The molecule has 6 nitrogen and oxygen atoms in total. The predicted molar refractivity (Wildman–Crippen MR) is 117 cm³/mol. The average molecular weight is 412 g/mol. The molecule has 1 unspecified atom stereocenters. The number of nitrogens with one attached hydrogen (secondary N) is 3. The molecule has 3 rings (SSSR count). The minimum atomic E-state index is -0.226. The van der Waals surface area contributed by atoms with Gasteiger partial charge in [0.05, 0.1) is 23.8 Å². The molecule has 3 aromatic rings. The fourth-order valence-corrected chi connectivity index (χ4v) is 4.19. The summed E-state index contributed by atoms with van der Waals surface area (Å²) in [4.78, 5) is 30.2. The monoisotopic (exact) mass is 411 g/mol. The number of amides is 2. The number of carbonyl (C=O) groups excluding carboxylic acids is 2. The van der Waals surface area contributed by atoms with Gasteiger partial charge in [0, 0.05) is 5.69 Å². The quantitative estimate of drug-likeness (QED) is 0.532. The lowest BCUT2D eigenvalue weighted by Crippen LogP contribution is -3.10. The van der Waals surface area contributed by atoms with Gasteiger partial charge in [-0.05, 0) is 37.1 Å². The Morgan fingerprint density at radius 1 is 1.10 bits per heavy atom. The maximum atomic E-state index is 12.3. The van der Waals surface area contributed by atoms with Crippen LogP contribution in [-0.4, -0.2) is 36.9 Å². The number of fused-ring (bicyclic) bond motifs is 1. The van der Waals surface area contributed by atoms with Crippen LogP contribution >= 0.6 is 11.3 Å². The van der Waals surface area contributed by atoms with Gasteiger partial charge in [0.15, 0.2) is 11.6 Å². The Kier molecular flexibility index (Phi) is 6.95. The molecule has 0 aliphatic rings. The molecular weight excluding hydrogens is 384 g/mol. The Balaban J connectivity index is 1.50. The highest BCUT2D eigenvalue weighted by molar-refractivity contribution is 7.18. The summed E-state index contributed by atoms with van der Waals surface area (Å²) in [6.07, 6.45) is 0.834. The Morgan fingerprint density at radius 3 is 2.59 bits per heavy atom. The standard InChI is InChI=1S/C22H26N4O2S/c1-4-16-9-5-6-10-17(16)24-20(27)13-23-21(28)14-26(3)15(2)22-25-18-11-7-8-12-19(18)29-22/h5-12,15H,4,13-14H2,1-3H3,(H,23,28)(H,24,27)/p+1/t15-/m1/s1. The van der Waals surface area contributed by atoms with Crippen LogP contribution in [0.25, 0.3) is 10.2 Å². The van der Waals surface area contributed by atoms with Crippen LogP contribution < -0.4 is 15.5 Å². The number of aryl methyl sites for hydroxylation is 1. The second kappa shape index (κ2) is 9.62. The summed E-state index contributed by atoms with van der Waals surface area (Å²) in [5.41, 5.74) is 2.85. The number of aromatic nitrogens is 1. The number of rotatable bonds is 8.